The second-order valence-electron chi connectivity index (χ2n) is 5.55. The van der Waals surface area contributed by atoms with E-state index in [0.717, 1.165) is 33.4 Å². The van der Waals surface area contributed by atoms with Crippen LogP contribution in [0.5, 0.6) is 5.75 Å². The molecule has 0 saturated carbocycles. The van der Waals surface area contributed by atoms with E-state index in [4.69, 9.17) is 0 Å². The third-order valence-corrected chi connectivity index (χ3v) is 4.25. The quantitative estimate of drug-likeness (QED) is 0.518. The van der Waals surface area contributed by atoms with Crippen LogP contribution in [0, 0.1) is 0 Å². The Morgan fingerprint density at radius 1 is 0.652 bits per heavy atom. The average Bonchev–Trinajstić information content (AvgIpc) is 2.61. The van der Waals surface area contributed by atoms with Crippen molar-refractivity contribution in [2.24, 2.45) is 0 Å². The highest BCUT2D eigenvalue weighted by atomic mass is 16.3. The molecule has 1 N–H and O–H groups in total. The number of carbonyl (C=O) groups excluding carboxylic acids is 1. The van der Waals surface area contributed by atoms with E-state index in [1.54, 1.807) is 6.07 Å². The number of carbonyl (C=O) groups is 1. The Bertz CT molecular complexity index is 1050. The molecule has 0 saturated heterocycles. The average molecular weight is 298 g/mol. The summed E-state index contributed by atoms with van der Waals surface area (Å²) in [5.41, 5.74) is 2.07. The van der Waals surface area contributed by atoms with E-state index in [-0.39, 0.29) is 5.75 Å². The first-order chi connectivity index (χ1) is 11.3. The summed E-state index contributed by atoms with van der Waals surface area (Å²) in [6.45, 7) is 0. The molecule has 4 aromatic carbocycles. The minimum Gasteiger partial charge on any atom is -0.507 e. The van der Waals surface area contributed by atoms with Crippen molar-refractivity contribution in [1.82, 2.24) is 0 Å². The molecule has 4 rings (SSSR count). The van der Waals surface area contributed by atoms with Gasteiger partial charge in [0, 0.05) is 16.7 Å². The number of hydrogen-bond acceptors (Lipinski definition) is 2. The smallest absolute Gasteiger partial charge is 0.150 e. The van der Waals surface area contributed by atoms with Gasteiger partial charge in [0.25, 0.3) is 0 Å². The van der Waals surface area contributed by atoms with E-state index in [1.165, 1.54) is 0 Å². The lowest BCUT2D eigenvalue weighted by Gasteiger charge is -2.14. The Hall–Kier alpha value is -3.13. The van der Waals surface area contributed by atoms with Crippen molar-refractivity contribution in [2.45, 2.75) is 0 Å². The van der Waals surface area contributed by atoms with Gasteiger partial charge in [-0.25, -0.2) is 0 Å². The lowest BCUT2D eigenvalue weighted by molar-refractivity contribution is 0.112. The number of hydrogen-bond donors (Lipinski definition) is 1. The second kappa shape index (κ2) is 5.25. The Kier molecular flexibility index (Phi) is 3.09. The van der Waals surface area contributed by atoms with Gasteiger partial charge in [-0.05, 0) is 27.6 Å². The maximum atomic E-state index is 11.6. The first-order valence-corrected chi connectivity index (χ1v) is 7.47. The van der Waals surface area contributed by atoms with Crippen LogP contribution in [0.1, 0.15) is 10.4 Å². The zero-order chi connectivity index (χ0) is 15.8. The molecule has 0 aliphatic heterocycles. The predicted molar refractivity (Wildman–Crippen MR) is 93.9 cm³/mol. The van der Waals surface area contributed by atoms with Crippen LogP contribution in [-0.4, -0.2) is 11.4 Å². The summed E-state index contributed by atoms with van der Waals surface area (Å²) in [6.07, 6.45) is 0.850. The first-order valence-electron chi connectivity index (χ1n) is 7.47. The summed E-state index contributed by atoms with van der Waals surface area (Å²) < 4.78 is 0. The zero-order valence-electron chi connectivity index (χ0n) is 12.4. The van der Waals surface area contributed by atoms with Gasteiger partial charge in [0.05, 0.1) is 0 Å². The van der Waals surface area contributed by atoms with Gasteiger partial charge in [-0.3, -0.25) is 4.79 Å². The molecule has 0 spiro atoms. The third kappa shape index (κ3) is 2.08. The molecule has 2 heteroatoms. The Balaban J connectivity index is 2.23. The van der Waals surface area contributed by atoms with Crippen molar-refractivity contribution < 1.29 is 9.90 Å². The number of fused-ring (bicyclic) bond motifs is 2. The van der Waals surface area contributed by atoms with Gasteiger partial charge in [0.2, 0.25) is 0 Å². The molecule has 0 bridgehead atoms. The Morgan fingerprint density at radius 3 is 1.87 bits per heavy atom. The second-order valence-corrected chi connectivity index (χ2v) is 5.55. The monoisotopic (exact) mass is 298 g/mol. The fourth-order valence-corrected chi connectivity index (χ4v) is 3.19. The SMILES string of the molecule is O=Cc1ccc2ccccc2c1-c1c(O)ccc2ccccc12. The molecule has 2 nitrogen and oxygen atoms in total. The van der Waals surface area contributed by atoms with Gasteiger partial charge in [0.15, 0.2) is 6.29 Å². The minimum atomic E-state index is 0.183. The van der Waals surface area contributed by atoms with Crippen molar-refractivity contribution in [2.75, 3.05) is 0 Å². The van der Waals surface area contributed by atoms with Crippen molar-refractivity contribution in [1.29, 1.82) is 0 Å². The third-order valence-electron chi connectivity index (χ3n) is 4.25. The van der Waals surface area contributed by atoms with Crippen molar-refractivity contribution in [3.63, 3.8) is 0 Å². The predicted octanol–water partition coefficient (Wildman–Crippen LogP) is 5.18. The van der Waals surface area contributed by atoms with Crippen LogP contribution in [-0.2, 0) is 0 Å². The number of phenols is 1. The molecule has 0 aromatic heterocycles. The lowest BCUT2D eigenvalue weighted by atomic mass is 9.90. The molecule has 0 atom stereocenters. The van der Waals surface area contributed by atoms with Crippen LogP contribution in [0.15, 0.2) is 72.8 Å². The van der Waals surface area contributed by atoms with Crippen LogP contribution >= 0.6 is 0 Å². The minimum absolute atomic E-state index is 0.183. The maximum Gasteiger partial charge on any atom is 0.150 e. The van der Waals surface area contributed by atoms with Gasteiger partial charge in [-0.2, -0.15) is 0 Å². The van der Waals surface area contributed by atoms with Crippen LogP contribution in [0.4, 0.5) is 0 Å². The van der Waals surface area contributed by atoms with Crippen molar-refractivity contribution in [3.8, 4) is 16.9 Å². The molecule has 0 amide bonds. The van der Waals surface area contributed by atoms with Crippen LogP contribution in [0.3, 0.4) is 0 Å². The number of phenolic OH excluding ortho intramolecular Hbond substituents is 1. The molecular weight excluding hydrogens is 284 g/mol. The molecule has 0 heterocycles. The van der Waals surface area contributed by atoms with E-state index in [1.807, 2.05) is 66.7 Å². The van der Waals surface area contributed by atoms with Crippen LogP contribution in [0.2, 0.25) is 0 Å². The van der Waals surface area contributed by atoms with Crippen LogP contribution in [0.25, 0.3) is 32.7 Å². The molecule has 4 aromatic rings. The van der Waals surface area contributed by atoms with Gasteiger partial charge < -0.3 is 5.11 Å². The Labute approximate surface area is 133 Å². The number of rotatable bonds is 2. The fourth-order valence-electron chi connectivity index (χ4n) is 3.19. The largest absolute Gasteiger partial charge is 0.507 e. The van der Waals surface area contributed by atoms with Crippen molar-refractivity contribution in [3.05, 3.63) is 78.4 Å². The van der Waals surface area contributed by atoms with E-state index in [9.17, 15) is 9.90 Å². The van der Waals surface area contributed by atoms with E-state index in [2.05, 4.69) is 0 Å². The standard InChI is InChI=1S/C21H14O2/c22-13-16-10-9-14-5-1-3-7-17(14)20(16)21-18-8-4-2-6-15(18)11-12-19(21)23/h1-13,23H. The molecule has 0 aliphatic rings. The summed E-state index contributed by atoms with van der Waals surface area (Å²) in [6, 6.07) is 23.1. The molecule has 0 radical (unpaired) electrons. The van der Waals surface area contributed by atoms with E-state index in [0.29, 0.717) is 11.1 Å². The summed E-state index contributed by atoms with van der Waals surface area (Å²) in [5.74, 6) is 0.183. The van der Waals surface area contributed by atoms with Crippen molar-refractivity contribution >= 4 is 27.8 Å². The summed E-state index contributed by atoms with van der Waals surface area (Å²) in [7, 11) is 0. The van der Waals surface area contributed by atoms with Gasteiger partial charge in [-0.1, -0.05) is 66.7 Å². The molecule has 0 unspecified atom stereocenters. The maximum absolute atomic E-state index is 11.6. The van der Waals surface area contributed by atoms with Crippen LogP contribution < -0.4 is 0 Å². The fraction of sp³-hybridized carbons (Fsp3) is 0. The molecule has 0 aliphatic carbocycles. The lowest BCUT2D eigenvalue weighted by Crippen LogP contribution is -1.92. The highest BCUT2D eigenvalue weighted by molar-refractivity contribution is 6.12. The van der Waals surface area contributed by atoms with Gasteiger partial charge >= 0.3 is 0 Å². The van der Waals surface area contributed by atoms with Gasteiger partial charge in [0.1, 0.15) is 5.75 Å². The Morgan fingerprint density at radius 2 is 1.22 bits per heavy atom. The van der Waals surface area contributed by atoms with E-state index < -0.39 is 0 Å². The molecule has 0 fully saturated rings. The highest BCUT2D eigenvalue weighted by Crippen LogP contribution is 2.41. The number of aromatic hydroxyl groups is 1. The van der Waals surface area contributed by atoms with E-state index >= 15 is 0 Å². The highest BCUT2D eigenvalue weighted by Gasteiger charge is 2.16. The molecule has 110 valence electrons. The summed E-state index contributed by atoms with van der Waals surface area (Å²) in [4.78, 5) is 11.6. The summed E-state index contributed by atoms with van der Waals surface area (Å²) in [5, 5.41) is 14.5. The molecular formula is C21H14O2. The first kappa shape index (κ1) is 13.5. The number of benzene rings is 4. The molecule has 23 heavy (non-hydrogen) atoms. The zero-order valence-corrected chi connectivity index (χ0v) is 12.4. The topological polar surface area (TPSA) is 37.3 Å². The number of aldehydes is 1. The summed E-state index contributed by atoms with van der Waals surface area (Å²) >= 11 is 0. The normalized spacial score (nSPS) is 11.0. The van der Waals surface area contributed by atoms with Gasteiger partial charge in [-0.15, -0.1) is 0 Å².